The maximum absolute atomic E-state index is 10.3. The van der Waals surface area contributed by atoms with Crippen LogP contribution in [0.15, 0.2) is 0 Å². The Morgan fingerprint density at radius 2 is 1.95 bits per heavy atom. The lowest BCUT2D eigenvalue weighted by atomic mass is 9.82. The summed E-state index contributed by atoms with van der Waals surface area (Å²) in [5.74, 6) is 0. The van der Waals surface area contributed by atoms with Crippen molar-refractivity contribution in [3.05, 3.63) is 0 Å². The topological polar surface area (TPSA) is 41.9 Å². The van der Waals surface area contributed by atoms with E-state index in [1.54, 1.807) is 0 Å². The third kappa shape index (κ3) is 3.13. The molecule has 0 aromatic heterocycles. The monoisotopic (exact) mass is 269 g/mol. The van der Waals surface area contributed by atoms with E-state index in [1.807, 2.05) is 6.92 Å². The Balaban J connectivity index is 1.64. The third-order valence-corrected chi connectivity index (χ3v) is 5.09. The van der Waals surface area contributed by atoms with Gasteiger partial charge in [0.2, 0.25) is 0 Å². The van der Waals surface area contributed by atoms with Gasteiger partial charge in [0.1, 0.15) is 0 Å². The van der Waals surface area contributed by atoms with Gasteiger partial charge in [-0.1, -0.05) is 0 Å². The van der Waals surface area contributed by atoms with Gasteiger partial charge in [0.05, 0.1) is 11.2 Å². The predicted octanol–water partition coefficient (Wildman–Crippen LogP) is 1.56. The Hall–Kier alpha value is -0.160. The summed E-state index contributed by atoms with van der Waals surface area (Å²) in [6.45, 7) is 6.47. The second-order valence-corrected chi connectivity index (χ2v) is 6.86. The Morgan fingerprint density at radius 1 is 1.16 bits per heavy atom. The van der Waals surface area contributed by atoms with Crippen LogP contribution in [0.2, 0.25) is 0 Å². The number of nitrogens with zero attached hydrogens (tertiary/aromatic N) is 1. The van der Waals surface area contributed by atoms with Gasteiger partial charge >= 0.3 is 0 Å². The number of piperidine rings is 1. The van der Waals surface area contributed by atoms with E-state index in [4.69, 9.17) is 9.47 Å². The number of ether oxygens (including phenoxy) is 2. The van der Waals surface area contributed by atoms with Crippen LogP contribution in [0.1, 0.15) is 45.4 Å². The molecule has 2 atom stereocenters. The number of likely N-dealkylation sites (tertiary alicyclic amines) is 1. The lowest BCUT2D eigenvalue weighted by Crippen LogP contribution is -2.56. The van der Waals surface area contributed by atoms with Crippen LogP contribution in [0, 0.1) is 0 Å². The first-order valence-corrected chi connectivity index (χ1v) is 7.77. The van der Waals surface area contributed by atoms with Gasteiger partial charge in [0.15, 0.2) is 0 Å². The van der Waals surface area contributed by atoms with E-state index < -0.39 is 5.60 Å². The Bertz CT molecular complexity index is 307. The lowest BCUT2D eigenvalue weighted by molar-refractivity contribution is -0.158. The van der Waals surface area contributed by atoms with E-state index in [9.17, 15) is 5.11 Å². The van der Waals surface area contributed by atoms with Crippen LogP contribution < -0.4 is 0 Å². The van der Waals surface area contributed by atoms with Gasteiger partial charge in [0, 0.05) is 32.4 Å². The number of hydrogen-bond acceptors (Lipinski definition) is 4. The number of aliphatic hydroxyl groups is 1. The molecule has 19 heavy (non-hydrogen) atoms. The highest BCUT2D eigenvalue weighted by molar-refractivity contribution is 4.95. The second kappa shape index (κ2) is 5.32. The molecule has 3 heterocycles. The highest BCUT2D eigenvalue weighted by Gasteiger charge is 2.42. The van der Waals surface area contributed by atoms with Crippen LogP contribution in [-0.4, -0.2) is 60.2 Å². The first-order valence-electron chi connectivity index (χ1n) is 7.77. The molecule has 3 aliphatic heterocycles. The molecule has 1 N–H and O–H groups in total. The number of rotatable bonds is 1. The molecule has 0 aromatic carbocycles. The minimum absolute atomic E-state index is 0.0600. The van der Waals surface area contributed by atoms with Crippen LogP contribution >= 0.6 is 0 Å². The molecule has 3 aliphatic rings. The first kappa shape index (κ1) is 13.8. The van der Waals surface area contributed by atoms with Crippen molar-refractivity contribution in [3.8, 4) is 0 Å². The summed E-state index contributed by atoms with van der Waals surface area (Å²) in [6.07, 6.45) is 6.35. The molecular formula is C15H27NO3. The molecule has 4 heteroatoms. The van der Waals surface area contributed by atoms with Gasteiger partial charge in [-0.15, -0.1) is 0 Å². The highest BCUT2D eigenvalue weighted by Crippen LogP contribution is 2.37. The molecule has 0 saturated carbocycles. The zero-order valence-corrected chi connectivity index (χ0v) is 12.1. The fourth-order valence-electron chi connectivity index (χ4n) is 3.98. The van der Waals surface area contributed by atoms with E-state index in [-0.39, 0.29) is 5.60 Å². The zero-order valence-electron chi connectivity index (χ0n) is 12.1. The molecule has 0 aromatic rings. The summed E-state index contributed by atoms with van der Waals surface area (Å²) in [7, 11) is 0. The molecule has 110 valence electrons. The van der Waals surface area contributed by atoms with E-state index in [0.717, 1.165) is 71.4 Å². The molecule has 3 fully saturated rings. The van der Waals surface area contributed by atoms with E-state index in [2.05, 4.69) is 4.90 Å². The summed E-state index contributed by atoms with van der Waals surface area (Å²) >= 11 is 0. The maximum atomic E-state index is 10.3. The molecule has 3 rings (SSSR count). The van der Waals surface area contributed by atoms with Crippen molar-refractivity contribution in [2.24, 2.45) is 0 Å². The largest absolute Gasteiger partial charge is 0.389 e. The van der Waals surface area contributed by atoms with Crippen molar-refractivity contribution in [3.63, 3.8) is 0 Å². The Labute approximate surface area is 116 Å². The van der Waals surface area contributed by atoms with Crippen molar-refractivity contribution >= 4 is 0 Å². The van der Waals surface area contributed by atoms with Crippen LogP contribution in [0.3, 0.4) is 0 Å². The maximum Gasteiger partial charge on any atom is 0.0746 e. The predicted molar refractivity (Wildman–Crippen MR) is 73.2 cm³/mol. The van der Waals surface area contributed by atoms with Crippen molar-refractivity contribution in [1.29, 1.82) is 0 Å². The van der Waals surface area contributed by atoms with Gasteiger partial charge in [-0.05, 0) is 52.0 Å². The van der Waals surface area contributed by atoms with E-state index >= 15 is 0 Å². The SMILES string of the molecule is CC1(O)CCCN(C2CCOC3(CCOCC3)C2)C1. The van der Waals surface area contributed by atoms with Crippen molar-refractivity contribution in [1.82, 2.24) is 4.90 Å². The average Bonchev–Trinajstić information content (AvgIpc) is 2.38. The van der Waals surface area contributed by atoms with Gasteiger partial charge in [-0.25, -0.2) is 0 Å². The Morgan fingerprint density at radius 3 is 2.68 bits per heavy atom. The quantitative estimate of drug-likeness (QED) is 0.784. The van der Waals surface area contributed by atoms with Crippen LogP contribution in [0.4, 0.5) is 0 Å². The smallest absolute Gasteiger partial charge is 0.0746 e. The summed E-state index contributed by atoms with van der Waals surface area (Å²) in [5.41, 5.74) is -0.441. The van der Waals surface area contributed by atoms with Crippen molar-refractivity contribution < 1.29 is 14.6 Å². The van der Waals surface area contributed by atoms with Gasteiger partial charge in [-0.2, -0.15) is 0 Å². The Kier molecular flexibility index (Phi) is 3.87. The molecule has 0 radical (unpaired) electrons. The highest BCUT2D eigenvalue weighted by atomic mass is 16.5. The van der Waals surface area contributed by atoms with Crippen molar-refractivity contribution in [2.45, 2.75) is 62.7 Å². The van der Waals surface area contributed by atoms with Gasteiger partial charge < -0.3 is 14.6 Å². The van der Waals surface area contributed by atoms with E-state index in [0.29, 0.717) is 6.04 Å². The summed E-state index contributed by atoms with van der Waals surface area (Å²) in [6, 6.07) is 0.582. The molecule has 1 spiro atoms. The summed E-state index contributed by atoms with van der Waals surface area (Å²) in [5, 5.41) is 10.3. The molecule has 0 aliphatic carbocycles. The number of hydrogen-bond donors (Lipinski definition) is 1. The molecule has 4 nitrogen and oxygen atoms in total. The van der Waals surface area contributed by atoms with Gasteiger partial charge in [0.25, 0.3) is 0 Å². The second-order valence-electron chi connectivity index (χ2n) is 6.86. The summed E-state index contributed by atoms with van der Waals surface area (Å²) in [4.78, 5) is 2.50. The van der Waals surface area contributed by atoms with Gasteiger partial charge in [-0.3, -0.25) is 4.90 Å². The van der Waals surface area contributed by atoms with Crippen LogP contribution in [0.25, 0.3) is 0 Å². The molecular weight excluding hydrogens is 242 g/mol. The fraction of sp³-hybridized carbons (Fsp3) is 1.00. The molecule has 0 bridgehead atoms. The molecule has 2 unspecified atom stereocenters. The molecule has 0 amide bonds. The first-order chi connectivity index (χ1) is 9.09. The van der Waals surface area contributed by atoms with Crippen LogP contribution in [0.5, 0.6) is 0 Å². The third-order valence-electron chi connectivity index (χ3n) is 5.09. The number of β-amino-alcohol motifs (C(OH)–C–C–N with tert-alkyl or cyclic N) is 1. The standard InChI is InChI=1S/C15H27NO3/c1-14(17)4-2-7-16(12-14)13-3-8-19-15(11-13)5-9-18-10-6-15/h13,17H,2-12H2,1H3. The summed E-state index contributed by atoms with van der Waals surface area (Å²) < 4.78 is 11.6. The minimum atomic E-state index is -0.501. The average molecular weight is 269 g/mol. The molecule has 3 saturated heterocycles. The zero-order chi connectivity index (χ0) is 13.3. The van der Waals surface area contributed by atoms with Crippen LogP contribution in [-0.2, 0) is 9.47 Å². The van der Waals surface area contributed by atoms with Crippen molar-refractivity contribution in [2.75, 3.05) is 32.9 Å². The minimum Gasteiger partial charge on any atom is -0.389 e. The lowest BCUT2D eigenvalue weighted by Gasteiger charge is -2.49. The van der Waals surface area contributed by atoms with E-state index in [1.165, 1.54) is 0 Å². The fourth-order valence-corrected chi connectivity index (χ4v) is 3.98. The normalized spacial score (nSPS) is 40.4.